The molecule has 0 amide bonds. The van der Waals surface area contributed by atoms with Crippen LogP contribution < -0.4 is 39.4 Å². The molecule has 0 atom stereocenters. The molecule has 32 heteroatoms. The van der Waals surface area contributed by atoms with Gasteiger partial charge in [-0.2, -0.15) is 0 Å². The van der Waals surface area contributed by atoms with Gasteiger partial charge in [-0.3, -0.25) is 20.0 Å². The number of hydrogen-bond donors (Lipinski definition) is 5. The molecule has 0 unspecified atom stereocenters. The van der Waals surface area contributed by atoms with E-state index in [9.17, 15) is 40.9 Å². The monoisotopic (exact) mass is 1530 g/mol. The van der Waals surface area contributed by atoms with E-state index >= 15 is 0 Å². The zero-order valence-electron chi connectivity index (χ0n) is 50.4. The molecule has 8 aromatic rings. The molecule has 0 heterocycles. The van der Waals surface area contributed by atoms with Crippen LogP contribution in [0.4, 0.5) is 22.7 Å². The summed E-state index contributed by atoms with van der Waals surface area (Å²) in [5.74, 6) is 0.369. The number of rotatable bonds is 16. The van der Waals surface area contributed by atoms with Crippen LogP contribution in [0, 0.1) is 85.9 Å². The molecule has 8 aromatic carbocycles. The smallest absolute Gasteiger partial charge is 0.870 e. The molecule has 0 aliphatic rings. The number of methoxy groups -OCH3 is 4. The summed E-state index contributed by atoms with van der Waals surface area (Å²) in [7, 11) is 6.83. The summed E-state index contributed by atoms with van der Waals surface area (Å²) in [4.78, 5) is 41.7. The van der Waals surface area contributed by atoms with Gasteiger partial charge >= 0.3 is 78.9 Å². The van der Waals surface area contributed by atoms with Gasteiger partial charge in [-0.15, -0.1) is 0 Å². The number of nitrogens with zero attached hydrogens (tertiary/aromatic N) is 7. The predicted molar refractivity (Wildman–Crippen MR) is 327 cm³/mol. The summed E-state index contributed by atoms with van der Waals surface area (Å²) in [5.41, 5.74) is 7.25. The molecule has 93 heavy (non-hydrogen) atoms. The van der Waals surface area contributed by atoms with Crippen molar-refractivity contribution >= 4 is 47.6 Å². The fraction of sp³-hybridized carbons (Fsp3) is 0.148. The number of para-hydroxylation sites is 8. The Hall–Kier alpha value is -9.19. The number of hydrogen-bond acceptors (Lipinski definition) is 26. The normalized spacial score (nSPS) is 9.70. The molecule has 0 saturated heterocycles. The van der Waals surface area contributed by atoms with Crippen LogP contribution in [0.3, 0.4) is 0 Å². The minimum atomic E-state index is -1.75. The molecule has 29 nitrogen and oxygen atoms in total. The average Bonchev–Trinajstić information content (AvgIpc) is 1.81. The van der Waals surface area contributed by atoms with Crippen LogP contribution in [0.1, 0.15) is 44.5 Å². The second-order valence-corrected chi connectivity index (χ2v) is 16.4. The topological polar surface area (TPSA) is 478 Å². The van der Waals surface area contributed by atoms with Crippen molar-refractivity contribution in [2.75, 3.05) is 35.5 Å². The van der Waals surface area contributed by atoms with Gasteiger partial charge in [-0.1, -0.05) is 144 Å². The summed E-state index contributed by atoms with van der Waals surface area (Å²) in [5, 5.41) is 136. The fourth-order valence-corrected chi connectivity index (χ4v) is 6.82. The summed E-state index contributed by atoms with van der Waals surface area (Å²) in [6, 6.07) is 49.0. The van der Waals surface area contributed by atoms with Crippen molar-refractivity contribution < 1.29 is 159 Å². The van der Waals surface area contributed by atoms with Crippen LogP contribution in [0.2, 0.25) is 0 Å². The van der Waals surface area contributed by atoms with Crippen molar-refractivity contribution in [2.45, 2.75) is 26.4 Å². The Kier molecular flexibility index (Phi) is 48.7. The van der Waals surface area contributed by atoms with Crippen LogP contribution in [0.25, 0.3) is 0 Å². The van der Waals surface area contributed by atoms with Gasteiger partial charge in [-0.25, -0.2) is 0 Å². The Balaban J connectivity index is -0.00000107. The molecule has 1 radical (unpaired) electrons. The van der Waals surface area contributed by atoms with E-state index in [1.165, 1.54) is 53.3 Å². The van der Waals surface area contributed by atoms with E-state index in [1.54, 1.807) is 121 Å². The van der Waals surface area contributed by atoms with E-state index in [-0.39, 0.29) is 128 Å². The molecule has 0 spiro atoms. The zero-order valence-corrected chi connectivity index (χ0v) is 58.6. The van der Waals surface area contributed by atoms with Crippen molar-refractivity contribution in [3.63, 3.8) is 0 Å². The van der Waals surface area contributed by atoms with Gasteiger partial charge in [0.05, 0.1) is 92.9 Å². The van der Waals surface area contributed by atoms with Crippen molar-refractivity contribution in [1.29, 1.82) is 0 Å². The van der Waals surface area contributed by atoms with Gasteiger partial charge in [0.25, 0.3) is 0 Å². The first-order chi connectivity index (χ1) is 43.2. The maximum absolute atomic E-state index is 11.9. The second-order valence-electron chi connectivity index (χ2n) is 16.4. The summed E-state index contributed by atoms with van der Waals surface area (Å²) >= 11 is 0. The number of aliphatic hydroxyl groups is 5. The number of ether oxygens (including phenoxy) is 4. The third-order valence-corrected chi connectivity index (χ3v) is 10.9. The minimum absolute atomic E-state index is 0. The van der Waals surface area contributed by atoms with E-state index in [2.05, 4.69) is 20.0 Å². The number of benzene rings is 8. The molecular formula is C61H60GdN7O22Zn2. The van der Waals surface area contributed by atoms with Crippen LogP contribution >= 0.6 is 0 Å². The van der Waals surface area contributed by atoms with E-state index in [4.69, 9.17) is 70.0 Å². The van der Waals surface area contributed by atoms with Gasteiger partial charge < -0.3 is 111 Å². The standard InChI is InChI=1S/4C15H15NO3.CH4O.Gd.3NO3.2Zn/c4*1-19-14-8-4-6-11(15(14)18)9-16-13-7-3-2-5-12(13)10-17;1-2;;3*2-1(3)4;;/h4*2-9,17-18H,10H2,1H3;2H,1H3;;;;;;/q;;;;;+3;3*-1;2*+2/p-4. The molecule has 0 fully saturated rings. The van der Waals surface area contributed by atoms with Gasteiger partial charge in [0.1, 0.15) is 23.0 Å². The third kappa shape index (κ3) is 33.6. The van der Waals surface area contributed by atoms with Gasteiger partial charge in [-0.05, 0) is 70.8 Å². The first kappa shape index (κ1) is 88.0. The van der Waals surface area contributed by atoms with Crippen LogP contribution in [0.5, 0.6) is 46.0 Å². The quantitative estimate of drug-likeness (QED) is 0.0283. The molecule has 0 saturated carbocycles. The van der Waals surface area contributed by atoms with Crippen molar-refractivity contribution in [3.05, 3.63) is 260 Å². The first-order valence-corrected chi connectivity index (χ1v) is 25.4. The SMILES string of the molecule is CO.COc1cccc(C=Nc2ccccc2CO)c1[O-].COc1cccc(C=Nc2ccccc2CO)c1[O-].COc1cccc(C=Nc2ccccc2CO)c1[O-].COc1cccc(C=Nc2ccccc2CO)c1[O-].O=[N+]([O-])[O-].O=[N+]([O-])[O-].O=[N+]([O-])[O-].[Gd+3].[Zn+2].[Zn+2]. The molecule has 5 N–H and O–H groups in total. The Labute approximate surface area is 590 Å². The maximum Gasteiger partial charge on any atom is 3.00 e. The number of aliphatic imine (C=N–C) groups is 4. The average molecular weight is 1530 g/mol. The van der Waals surface area contributed by atoms with Crippen molar-refractivity contribution in [3.8, 4) is 46.0 Å². The van der Waals surface area contributed by atoms with Crippen molar-refractivity contribution in [1.82, 2.24) is 0 Å². The molecule has 8 rings (SSSR count). The van der Waals surface area contributed by atoms with Crippen LogP contribution in [0.15, 0.2) is 190 Å². The van der Waals surface area contributed by atoms with Gasteiger partial charge in [0, 0.05) is 54.2 Å². The fourth-order valence-electron chi connectivity index (χ4n) is 6.82. The van der Waals surface area contributed by atoms with E-state index in [1.807, 2.05) is 48.5 Å². The Bertz CT molecular complexity index is 3140. The van der Waals surface area contributed by atoms with Crippen LogP contribution in [-0.4, -0.2) is 101 Å². The Morgan fingerprint density at radius 2 is 0.495 bits per heavy atom. The maximum atomic E-state index is 11.9. The third-order valence-electron chi connectivity index (χ3n) is 10.9. The summed E-state index contributed by atoms with van der Waals surface area (Å²) < 4.78 is 19.9. The largest absolute Gasteiger partial charge is 3.00 e. The molecule has 0 aromatic heterocycles. The Morgan fingerprint density at radius 1 is 0.333 bits per heavy atom. The predicted octanol–water partition coefficient (Wildman–Crippen LogP) is 6.93. The summed E-state index contributed by atoms with van der Waals surface area (Å²) in [6.45, 7) is -0.350. The van der Waals surface area contributed by atoms with E-state index in [0.29, 0.717) is 90.3 Å². The van der Waals surface area contributed by atoms with Crippen molar-refractivity contribution in [2.24, 2.45) is 20.0 Å². The Morgan fingerprint density at radius 3 is 0.645 bits per heavy atom. The van der Waals surface area contributed by atoms with Gasteiger partial charge in [0.2, 0.25) is 0 Å². The zero-order chi connectivity index (χ0) is 67.4. The molecule has 483 valence electrons. The summed E-state index contributed by atoms with van der Waals surface area (Å²) in [6.07, 6.45) is 5.94. The van der Waals surface area contributed by atoms with Crippen LogP contribution in [-0.2, 0) is 65.4 Å². The molecular weight excluding hydrogens is 1470 g/mol. The van der Waals surface area contributed by atoms with Gasteiger partial charge in [0.15, 0.2) is 0 Å². The molecule has 0 aliphatic carbocycles. The molecule has 0 bridgehead atoms. The number of aliphatic hydroxyl groups excluding tert-OH is 5. The minimum Gasteiger partial charge on any atom is -0.870 e. The second kappa shape index (κ2) is 51.4. The molecule has 0 aliphatic heterocycles. The van der Waals surface area contributed by atoms with E-state index in [0.717, 1.165) is 7.11 Å². The first-order valence-electron chi connectivity index (χ1n) is 25.4. The van der Waals surface area contributed by atoms with E-state index < -0.39 is 15.3 Å².